The molecule has 0 saturated heterocycles. The van der Waals surface area contributed by atoms with Crippen LogP contribution in [0.3, 0.4) is 0 Å². The molecule has 2 aromatic rings. The standard InChI is InChI=1S/C13H15N3/c1-8-3-2-4-11(15)13(8)10-6-5-9(14)7-12(10)16/h2-7H,14-16H2,1H3. The summed E-state index contributed by atoms with van der Waals surface area (Å²) < 4.78 is 0. The predicted octanol–water partition coefficient (Wildman–Crippen LogP) is 2.41. The first-order valence-electron chi connectivity index (χ1n) is 5.10. The van der Waals surface area contributed by atoms with Crippen LogP contribution in [-0.4, -0.2) is 0 Å². The van der Waals surface area contributed by atoms with Crippen LogP contribution in [0.1, 0.15) is 5.56 Å². The first kappa shape index (κ1) is 10.4. The average molecular weight is 213 g/mol. The molecule has 3 heteroatoms. The van der Waals surface area contributed by atoms with Gasteiger partial charge in [0.25, 0.3) is 0 Å². The van der Waals surface area contributed by atoms with Crippen molar-refractivity contribution in [3.05, 3.63) is 42.0 Å². The van der Waals surface area contributed by atoms with E-state index in [2.05, 4.69) is 0 Å². The highest BCUT2D eigenvalue weighted by molar-refractivity contribution is 5.87. The number of aryl methyl sites for hydroxylation is 1. The molecule has 0 unspecified atom stereocenters. The predicted molar refractivity (Wildman–Crippen MR) is 69.9 cm³/mol. The highest BCUT2D eigenvalue weighted by Crippen LogP contribution is 2.34. The van der Waals surface area contributed by atoms with E-state index in [9.17, 15) is 0 Å². The lowest BCUT2D eigenvalue weighted by Crippen LogP contribution is -1.97. The molecule has 0 saturated carbocycles. The number of nitrogen functional groups attached to an aromatic ring is 3. The molecule has 0 fully saturated rings. The quantitative estimate of drug-likeness (QED) is 0.636. The van der Waals surface area contributed by atoms with E-state index in [4.69, 9.17) is 17.2 Å². The van der Waals surface area contributed by atoms with E-state index < -0.39 is 0 Å². The molecule has 2 rings (SSSR count). The van der Waals surface area contributed by atoms with E-state index in [0.717, 1.165) is 22.4 Å². The van der Waals surface area contributed by atoms with Crippen molar-refractivity contribution in [3.63, 3.8) is 0 Å². The third kappa shape index (κ3) is 1.67. The van der Waals surface area contributed by atoms with Crippen molar-refractivity contribution in [1.29, 1.82) is 0 Å². The lowest BCUT2D eigenvalue weighted by atomic mass is 9.97. The molecule has 0 aliphatic heterocycles. The number of benzene rings is 2. The van der Waals surface area contributed by atoms with Gasteiger partial charge in [-0.15, -0.1) is 0 Å². The van der Waals surface area contributed by atoms with Gasteiger partial charge >= 0.3 is 0 Å². The second-order valence-corrected chi connectivity index (χ2v) is 3.89. The van der Waals surface area contributed by atoms with Gasteiger partial charge in [0, 0.05) is 28.2 Å². The van der Waals surface area contributed by atoms with E-state index >= 15 is 0 Å². The Labute approximate surface area is 94.9 Å². The van der Waals surface area contributed by atoms with Crippen LogP contribution in [0.2, 0.25) is 0 Å². The normalized spacial score (nSPS) is 10.3. The molecule has 82 valence electrons. The Morgan fingerprint density at radius 3 is 2.25 bits per heavy atom. The van der Waals surface area contributed by atoms with Crippen molar-refractivity contribution in [2.75, 3.05) is 17.2 Å². The minimum absolute atomic E-state index is 0.654. The van der Waals surface area contributed by atoms with Crippen LogP contribution in [0.4, 0.5) is 17.1 Å². The summed E-state index contributed by atoms with van der Waals surface area (Å²) in [6.45, 7) is 2.02. The molecule has 0 amide bonds. The van der Waals surface area contributed by atoms with Crippen molar-refractivity contribution in [3.8, 4) is 11.1 Å². The van der Waals surface area contributed by atoms with E-state index in [1.165, 1.54) is 0 Å². The molecule has 3 nitrogen and oxygen atoms in total. The zero-order chi connectivity index (χ0) is 11.7. The summed E-state index contributed by atoms with van der Waals surface area (Å²) in [7, 11) is 0. The largest absolute Gasteiger partial charge is 0.399 e. The Bertz CT molecular complexity index is 512. The second kappa shape index (κ2) is 3.77. The Morgan fingerprint density at radius 1 is 0.875 bits per heavy atom. The zero-order valence-electron chi connectivity index (χ0n) is 9.20. The number of rotatable bonds is 1. The molecule has 6 N–H and O–H groups in total. The summed E-state index contributed by atoms with van der Waals surface area (Å²) >= 11 is 0. The monoisotopic (exact) mass is 213 g/mol. The van der Waals surface area contributed by atoms with Crippen molar-refractivity contribution in [2.24, 2.45) is 0 Å². The van der Waals surface area contributed by atoms with E-state index in [0.29, 0.717) is 11.4 Å². The zero-order valence-corrected chi connectivity index (χ0v) is 9.20. The first-order chi connectivity index (χ1) is 7.59. The van der Waals surface area contributed by atoms with Crippen molar-refractivity contribution in [2.45, 2.75) is 6.92 Å². The van der Waals surface area contributed by atoms with E-state index in [-0.39, 0.29) is 0 Å². The van der Waals surface area contributed by atoms with Crippen molar-refractivity contribution < 1.29 is 0 Å². The molecular formula is C13H15N3. The van der Waals surface area contributed by atoms with Crippen LogP contribution in [0.25, 0.3) is 11.1 Å². The molecule has 16 heavy (non-hydrogen) atoms. The highest BCUT2D eigenvalue weighted by atomic mass is 14.6. The summed E-state index contributed by atoms with van der Waals surface area (Å²) in [6, 6.07) is 11.3. The minimum Gasteiger partial charge on any atom is -0.399 e. The van der Waals surface area contributed by atoms with Crippen molar-refractivity contribution in [1.82, 2.24) is 0 Å². The fourth-order valence-electron chi connectivity index (χ4n) is 1.87. The maximum absolute atomic E-state index is 5.97. The summed E-state index contributed by atoms with van der Waals surface area (Å²) in [4.78, 5) is 0. The van der Waals surface area contributed by atoms with E-state index in [1.807, 2.05) is 37.3 Å². The summed E-state index contributed by atoms with van der Waals surface area (Å²) in [5.41, 5.74) is 22.7. The van der Waals surface area contributed by atoms with Crippen LogP contribution in [0.15, 0.2) is 36.4 Å². The van der Waals surface area contributed by atoms with Gasteiger partial charge in [-0.1, -0.05) is 18.2 Å². The van der Waals surface area contributed by atoms with Gasteiger partial charge in [-0.05, 0) is 30.7 Å². The van der Waals surface area contributed by atoms with Crippen LogP contribution < -0.4 is 17.2 Å². The molecule has 0 aliphatic carbocycles. The number of hydrogen-bond donors (Lipinski definition) is 3. The molecule has 0 aromatic heterocycles. The fraction of sp³-hybridized carbons (Fsp3) is 0.0769. The third-order valence-corrected chi connectivity index (χ3v) is 2.65. The molecule has 0 atom stereocenters. The number of anilines is 3. The summed E-state index contributed by atoms with van der Waals surface area (Å²) in [5, 5.41) is 0. The van der Waals surface area contributed by atoms with Crippen LogP contribution in [0, 0.1) is 6.92 Å². The highest BCUT2D eigenvalue weighted by Gasteiger charge is 2.08. The van der Waals surface area contributed by atoms with Crippen LogP contribution in [-0.2, 0) is 0 Å². The van der Waals surface area contributed by atoms with Gasteiger partial charge in [-0.3, -0.25) is 0 Å². The molecule has 0 spiro atoms. The Morgan fingerprint density at radius 2 is 1.62 bits per heavy atom. The maximum Gasteiger partial charge on any atom is 0.0415 e. The molecule has 0 heterocycles. The Kier molecular flexibility index (Phi) is 2.44. The van der Waals surface area contributed by atoms with Gasteiger partial charge in [0.15, 0.2) is 0 Å². The molecule has 0 aliphatic rings. The van der Waals surface area contributed by atoms with Crippen LogP contribution in [0.5, 0.6) is 0 Å². The SMILES string of the molecule is Cc1cccc(N)c1-c1ccc(N)cc1N. The molecule has 0 radical (unpaired) electrons. The molecule has 2 aromatic carbocycles. The van der Waals surface area contributed by atoms with Gasteiger partial charge in [0.05, 0.1) is 0 Å². The van der Waals surface area contributed by atoms with E-state index in [1.54, 1.807) is 6.07 Å². The van der Waals surface area contributed by atoms with Gasteiger partial charge in [-0.25, -0.2) is 0 Å². The fourth-order valence-corrected chi connectivity index (χ4v) is 1.87. The first-order valence-corrected chi connectivity index (χ1v) is 5.10. The minimum atomic E-state index is 0.654. The smallest absolute Gasteiger partial charge is 0.0415 e. The van der Waals surface area contributed by atoms with Gasteiger partial charge in [0.1, 0.15) is 0 Å². The Hall–Kier alpha value is -2.16. The third-order valence-electron chi connectivity index (χ3n) is 2.65. The Balaban J connectivity index is 2.68. The lowest BCUT2D eigenvalue weighted by molar-refractivity contribution is 1.46. The second-order valence-electron chi connectivity index (χ2n) is 3.89. The van der Waals surface area contributed by atoms with Gasteiger partial charge < -0.3 is 17.2 Å². The topological polar surface area (TPSA) is 78.1 Å². The maximum atomic E-state index is 5.97. The molecular weight excluding hydrogens is 198 g/mol. The summed E-state index contributed by atoms with van der Waals surface area (Å²) in [6.07, 6.45) is 0. The van der Waals surface area contributed by atoms with Crippen molar-refractivity contribution >= 4 is 17.1 Å². The number of hydrogen-bond acceptors (Lipinski definition) is 3. The van der Waals surface area contributed by atoms with Gasteiger partial charge in [-0.2, -0.15) is 0 Å². The average Bonchev–Trinajstić information content (AvgIpc) is 2.20. The molecule has 0 bridgehead atoms. The van der Waals surface area contributed by atoms with Crippen LogP contribution >= 0.6 is 0 Å². The van der Waals surface area contributed by atoms with Gasteiger partial charge in [0.2, 0.25) is 0 Å². The number of nitrogens with two attached hydrogens (primary N) is 3. The lowest BCUT2D eigenvalue weighted by Gasteiger charge is -2.12. The summed E-state index contributed by atoms with van der Waals surface area (Å²) in [5.74, 6) is 0.